The van der Waals surface area contributed by atoms with Crippen molar-refractivity contribution in [3.8, 4) is 5.69 Å². The number of nitrogens with one attached hydrogen (secondary N) is 1. The molecule has 1 saturated heterocycles. The maximum Gasteiger partial charge on any atom is 0.222 e. The minimum Gasteiger partial charge on any atom is -0.340 e. The number of aromatic nitrogens is 2. The highest BCUT2D eigenvalue weighted by atomic mass is 16.2. The fourth-order valence-corrected chi connectivity index (χ4v) is 2.53. The summed E-state index contributed by atoms with van der Waals surface area (Å²) in [5, 5.41) is 7.62. The van der Waals surface area contributed by atoms with Gasteiger partial charge in [-0.3, -0.25) is 4.79 Å². The van der Waals surface area contributed by atoms with Gasteiger partial charge in [-0.25, -0.2) is 4.68 Å². The van der Waals surface area contributed by atoms with Crippen molar-refractivity contribution in [3.05, 3.63) is 48.3 Å². The molecule has 2 heterocycles. The van der Waals surface area contributed by atoms with Crippen molar-refractivity contribution < 1.29 is 4.79 Å². The van der Waals surface area contributed by atoms with E-state index in [0.29, 0.717) is 6.42 Å². The molecule has 5 nitrogen and oxygen atoms in total. The molecule has 0 radical (unpaired) electrons. The van der Waals surface area contributed by atoms with Gasteiger partial charge in [0.25, 0.3) is 0 Å². The van der Waals surface area contributed by atoms with Crippen molar-refractivity contribution in [2.45, 2.75) is 12.8 Å². The molecule has 1 aliphatic rings. The van der Waals surface area contributed by atoms with E-state index in [4.69, 9.17) is 0 Å². The van der Waals surface area contributed by atoms with Gasteiger partial charge in [0.15, 0.2) is 0 Å². The van der Waals surface area contributed by atoms with Crippen LogP contribution in [0.4, 0.5) is 0 Å². The first-order valence-corrected chi connectivity index (χ1v) is 7.40. The quantitative estimate of drug-likeness (QED) is 0.919. The lowest BCUT2D eigenvalue weighted by molar-refractivity contribution is -0.131. The third-order valence-electron chi connectivity index (χ3n) is 3.75. The Labute approximate surface area is 124 Å². The lowest BCUT2D eigenvalue weighted by atomic mass is 10.2. The Morgan fingerprint density at radius 1 is 1.19 bits per heavy atom. The van der Waals surface area contributed by atoms with Crippen LogP contribution in [0.2, 0.25) is 0 Å². The van der Waals surface area contributed by atoms with Gasteiger partial charge in [-0.1, -0.05) is 18.2 Å². The van der Waals surface area contributed by atoms with E-state index >= 15 is 0 Å². The maximum atomic E-state index is 12.1. The number of amides is 1. The van der Waals surface area contributed by atoms with Crippen LogP contribution in [-0.2, 0) is 11.2 Å². The van der Waals surface area contributed by atoms with Gasteiger partial charge in [-0.15, -0.1) is 0 Å². The summed E-state index contributed by atoms with van der Waals surface area (Å²) in [5.41, 5.74) is 2.14. The Morgan fingerprint density at radius 3 is 2.71 bits per heavy atom. The summed E-state index contributed by atoms with van der Waals surface area (Å²) in [6, 6.07) is 10.0. The van der Waals surface area contributed by atoms with Crippen molar-refractivity contribution in [2.24, 2.45) is 0 Å². The van der Waals surface area contributed by atoms with E-state index in [1.807, 2.05) is 52.3 Å². The summed E-state index contributed by atoms with van der Waals surface area (Å²) in [5.74, 6) is 0.240. The second kappa shape index (κ2) is 6.54. The molecule has 0 aliphatic carbocycles. The molecule has 1 N–H and O–H groups in total. The zero-order valence-corrected chi connectivity index (χ0v) is 12.0. The Hall–Kier alpha value is -2.14. The standard InChI is InChI=1S/C16H20N4O/c21-16(19-10-8-17-9-11-19)7-6-14-12-18-20(13-14)15-4-2-1-3-5-15/h1-5,12-13,17H,6-11H2. The summed E-state index contributed by atoms with van der Waals surface area (Å²) in [6.45, 7) is 3.44. The van der Waals surface area contributed by atoms with Crippen LogP contribution in [0.25, 0.3) is 5.69 Å². The van der Waals surface area contributed by atoms with Crippen molar-refractivity contribution in [2.75, 3.05) is 26.2 Å². The molecular formula is C16H20N4O. The predicted octanol–water partition coefficient (Wildman–Crippen LogP) is 1.24. The van der Waals surface area contributed by atoms with Crippen LogP contribution >= 0.6 is 0 Å². The molecule has 2 aromatic rings. The third kappa shape index (κ3) is 3.49. The van der Waals surface area contributed by atoms with E-state index < -0.39 is 0 Å². The van der Waals surface area contributed by atoms with Gasteiger partial charge in [0, 0.05) is 38.8 Å². The number of aryl methyl sites for hydroxylation is 1. The Kier molecular flexibility index (Phi) is 4.31. The second-order valence-electron chi connectivity index (χ2n) is 5.26. The number of rotatable bonds is 4. The van der Waals surface area contributed by atoms with Crippen LogP contribution in [0.1, 0.15) is 12.0 Å². The number of hydrogen-bond acceptors (Lipinski definition) is 3. The van der Waals surface area contributed by atoms with Crippen LogP contribution in [-0.4, -0.2) is 46.8 Å². The molecule has 0 unspecified atom stereocenters. The lowest BCUT2D eigenvalue weighted by Crippen LogP contribution is -2.46. The molecule has 1 amide bonds. The number of piperazine rings is 1. The first-order valence-electron chi connectivity index (χ1n) is 7.40. The zero-order chi connectivity index (χ0) is 14.5. The summed E-state index contributed by atoms with van der Waals surface area (Å²) >= 11 is 0. The first kappa shape index (κ1) is 13.8. The minimum absolute atomic E-state index is 0.240. The van der Waals surface area contributed by atoms with E-state index in [-0.39, 0.29) is 5.91 Å². The molecule has 21 heavy (non-hydrogen) atoms. The van der Waals surface area contributed by atoms with E-state index in [2.05, 4.69) is 10.4 Å². The molecule has 3 rings (SSSR count). The molecule has 110 valence electrons. The first-order chi connectivity index (χ1) is 10.3. The fourth-order valence-electron chi connectivity index (χ4n) is 2.53. The molecule has 0 atom stereocenters. The number of benzene rings is 1. The van der Waals surface area contributed by atoms with Crippen LogP contribution in [0, 0.1) is 0 Å². The van der Waals surface area contributed by atoms with Crippen molar-refractivity contribution in [1.29, 1.82) is 0 Å². The Bertz CT molecular complexity index is 587. The highest BCUT2D eigenvalue weighted by molar-refractivity contribution is 5.76. The van der Waals surface area contributed by atoms with Crippen LogP contribution in [0.5, 0.6) is 0 Å². The third-order valence-corrected chi connectivity index (χ3v) is 3.75. The molecular weight excluding hydrogens is 264 g/mol. The zero-order valence-electron chi connectivity index (χ0n) is 12.0. The van der Waals surface area contributed by atoms with Crippen molar-refractivity contribution in [1.82, 2.24) is 20.0 Å². The number of hydrogen-bond donors (Lipinski definition) is 1. The highest BCUT2D eigenvalue weighted by Crippen LogP contribution is 2.10. The number of carbonyl (C=O) groups is 1. The van der Waals surface area contributed by atoms with Gasteiger partial charge >= 0.3 is 0 Å². The fraction of sp³-hybridized carbons (Fsp3) is 0.375. The molecule has 1 fully saturated rings. The molecule has 5 heteroatoms. The monoisotopic (exact) mass is 284 g/mol. The highest BCUT2D eigenvalue weighted by Gasteiger charge is 2.15. The Balaban J connectivity index is 1.56. The predicted molar refractivity (Wildman–Crippen MR) is 81.3 cm³/mol. The maximum absolute atomic E-state index is 12.1. The van der Waals surface area contributed by atoms with Crippen LogP contribution in [0.3, 0.4) is 0 Å². The summed E-state index contributed by atoms with van der Waals surface area (Å²) in [6.07, 6.45) is 5.15. The van der Waals surface area contributed by atoms with Crippen LogP contribution < -0.4 is 5.32 Å². The van der Waals surface area contributed by atoms with E-state index in [9.17, 15) is 4.79 Å². The van der Waals surface area contributed by atoms with Gasteiger partial charge in [0.2, 0.25) is 5.91 Å². The van der Waals surface area contributed by atoms with Crippen LogP contribution in [0.15, 0.2) is 42.7 Å². The Morgan fingerprint density at radius 2 is 1.95 bits per heavy atom. The molecule has 1 aliphatic heterocycles. The normalized spacial score (nSPS) is 15.1. The molecule has 0 spiro atoms. The summed E-state index contributed by atoms with van der Waals surface area (Å²) < 4.78 is 1.85. The molecule has 1 aromatic heterocycles. The topological polar surface area (TPSA) is 50.2 Å². The molecule has 1 aromatic carbocycles. The van der Waals surface area contributed by atoms with Crippen molar-refractivity contribution in [3.63, 3.8) is 0 Å². The average Bonchev–Trinajstić information content (AvgIpc) is 3.03. The van der Waals surface area contributed by atoms with Gasteiger partial charge < -0.3 is 10.2 Å². The van der Waals surface area contributed by atoms with Gasteiger partial charge in [-0.05, 0) is 24.1 Å². The number of nitrogens with zero attached hydrogens (tertiary/aromatic N) is 3. The smallest absolute Gasteiger partial charge is 0.222 e. The average molecular weight is 284 g/mol. The SMILES string of the molecule is O=C(CCc1cnn(-c2ccccc2)c1)N1CCNCC1. The van der Waals surface area contributed by atoms with Gasteiger partial charge in [0.05, 0.1) is 11.9 Å². The minimum atomic E-state index is 0.240. The lowest BCUT2D eigenvalue weighted by Gasteiger charge is -2.27. The molecule has 0 bridgehead atoms. The van der Waals surface area contributed by atoms with E-state index in [1.54, 1.807) is 0 Å². The molecule has 0 saturated carbocycles. The van der Waals surface area contributed by atoms with E-state index in [0.717, 1.165) is 43.9 Å². The van der Waals surface area contributed by atoms with Crippen molar-refractivity contribution >= 4 is 5.91 Å². The second-order valence-corrected chi connectivity index (χ2v) is 5.26. The summed E-state index contributed by atoms with van der Waals surface area (Å²) in [7, 11) is 0. The number of para-hydroxylation sites is 1. The summed E-state index contributed by atoms with van der Waals surface area (Å²) in [4.78, 5) is 14.1. The van der Waals surface area contributed by atoms with E-state index in [1.165, 1.54) is 0 Å². The van der Waals surface area contributed by atoms with Gasteiger partial charge in [-0.2, -0.15) is 5.10 Å². The largest absolute Gasteiger partial charge is 0.340 e. The number of carbonyl (C=O) groups excluding carboxylic acids is 1. The van der Waals surface area contributed by atoms with Gasteiger partial charge in [0.1, 0.15) is 0 Å².